The number of amides is 1. The number of hydrogen-bond donors (Lipinski definition) is 1. The minimum Gasteiger partial charge on any atom is -0.491 e. The van der Waals surface area contributed by atoms with Gasteiger partial charge in [0.2, 0.25) is 0 Å². The van der Waals surface area contributed by atoms with E-state index in [9.17, 15) is 4.79 Å². The summed E-state index contributed by atoms with van der Waals surface area (Å²) in [5.74, 6) is 0.827. The van der Waals surface area contributed by atoms with E-state index in [-0.39, 0.29) is 12.1 Å². The van der Waals surface area contributed by atoms with Gasteiger partial charge >= 0.3 is 6.09 Å². The molecule has 1 fully saturated rings. The zero-order chi connectivity index (χ0) is 12.1. The highest BCUT2D eigenvalue weighted by Gasteiger charge is 2.22. The summed E-state index contributed by atoms with van der Waals surface area (Å²) in [6.07, 6.45) is 2.23. The molecule has 1 aromatic carbocycles. The van der Waals surface area contributed by atoms with E-state index in [1.54, 1.807) is 0 Å². The minimum atomic E-state index is -0.377. The maximum atomic E-state index is 10.8. The quantitative estimate of drug-likeness (QED) is 0.790. The third kappa shape index (κ3) is 3.00. The SMILES string of the molecule is C=CCc1ccccc1OCC1COC(=O)N1. The Balaban J connectivity index is 1.94. The molecule has 0 aliphatic carbocycles. The van der Waals surface area contributed by atoms with Crippen molar-refractivity contribution in [2.75, 3.05) is 13.2 Å². The zero-order valence-corrected chi connectivity index (χ0v) is 9.52. The molecule has 1 aromatic rings. The summed E-state index contributed by atoms with van der Waals surface area (Å²) in [6.45, 7) is 4.49. The third-order valence-corrected chi connectivity index (χ3v) is 2.51. The van der Waals surface area contributed by atoms with Crippen LogP contribution in [0.2, 0.25) is 0 Å². The molecule has 90 valence electrons. The second-order valence-corrected chi connectivity index (χ2v) is 3.85. The fourth-order valence-electron chi connectivity index (χ4n) is 1.68. The molecule has 1 aliphatic rings. The number of hydrogen-bond acceptors (Lipinski definition) is 3. The third-order valence-electron chi connectivity index (χ3n) is 2.51. The average Bonchev–Trinajstić information content (AvgIpc) is 2.74. The largest absolute Gasteiger partial charge is 0.491 e. The van der Waals surface area contributed by atoms with Gasteiger partial charge in [0.25, 0.3) is 0 Å². The van der Waals surface area contributed by atoms with Crippen molar-refractivity contribution in [2.24, 2.45) is 0 Å². The molecule has 0 aromatic heterocycles. The van der Waals surface area contributed by atoms with Crippen LogP contribution in [-0.2, 0) is 11.2 Å². The first-order valence-electron chi connectivity index (χ1n) is 5.54. The minimum absolute atomic E-state index is 0.0701. The van der Waals surface area contributed by atoms with Gasteiger partial charge in [-0.3, -0.25) is 0 Å². The van der Waals surface area contributed by atoms with Crippen molar-refractivity contribution >= 4 is 6.09 Å². The number of alkyl carbamates (subject to hydrolysis) is 1. The number of nitrogens with one attached hydrogen (secondary N) is 1. The van der Waals surface area contributed by atoms with Crippen molar-refractivity contribution in [3.8, 4) is 5.75 Å². The van der Waals surface area contributed by atoms with E-state index in [0.29, 0.717) is 13.2 Å². The van der Waals surface area contributed by atoms with Gasteiger partial charge in [-0.2, -0.15) is 0 Å². The van der Waals surface area contributed by atoms with Crippen LogP contribution in [0.1, 0.15) is 5.56 Å². The van der Waals surface area contributed by atoms with Gasteiger partial charge < -0.3 is 14.8 Å². The van der Waals surface area contributed by atoms with Gasteiger partial charge in [-0.15, -0.1) is 6.58 Å². The van der Waals surface area contributed by atoms with Crippen LogP contribution in [0.5, 0.6) is 5.75 Å². The standard InChI is InChI=1S/C13H15NO3/c1-2-5-10-6-3-4-7-12(10)16-8-11-9-17-13(15)14-11/h2-4,6-7,11H,1,5,8-9H2,(H,14,15). The van der Waals surface area contributed by atoms with Crippen LogP contribution in [0.15, 0.2) is 36.9 Å². The van der Waals surface area contributed by atoms with Crippen LogP contribution in [0.4, 0.5) is 4.79 Å². The molecule has 1 saturated heterocycles. The van der Waals surface area contributed by atoms with E-state index in [4.69, 9.17) is 9.47 Å². The van der Waals surface area contributed by atoms with Gasteiger partial charge in [0, 0.05) is 0 Å². The van der Waals surface area contributed by atoms with Crippen LogP contribution >= 0.6 is 0 Å². The van der Waals surface area contributed by atoms with E-state index in [1.165, 1.54) is 0 Å². The summed E-state index contributed by atoms with van der Waals surface area (Å²) < 4.78 is 10.5. The molecule has 0 spiro atoms. The Bertz CT molecular complexity index is 417. The fourth-order valence-corrected chi connectivity index (χ4v) is 1.68. The number of ether oxygens (including phenoxy) is 2. The first-order chi connectivity index (χ1) is 8.29. The highest BCUT2D eigenvalue weighted by atomic mass is 16.6. The van der Waals surface area contributed by atoms with Crippen molar-refractivity contribution in [1.29, 1.82) is 0 Å². The summed E-state index contributed by atoms with van der Waals surface area (Å²) in [5.41, 5.74) is 1.09. The first kappa shape index (κ1) is 11.5. The Hall–Kier alpha value is -1.97. The average molecular weight is 233 g/mol. The molecule has 2 rings (SSSR count). The molecule has 4 heteroatoms. The normalized spacial score (nSPS) is 18.4. The van der Waals surface area contributed by atoms with Gasteiger partial charge in [0.05, 0.1) is 0 Å². The van der Waals surface area contributed by atoms with Crippen molar-refractivity contribution in [3.63, 3.8) is 0 Å². The lowest BCUT2D eigenvalue weighted by atomic mass is 10.1. The number of para-hydroxylation sites is 1. The maximum absolute atomic E-state index is 10.8. The van der Waals surface area contributed by atoms with Crippen LogP contribution in [0.3, 0.4) is 0 Å². The van der Waals surface area contributed by atoms with Crippen LogP contribution in [0, 0.1) is 0 Å². The highest BCUT2D eigenvalue weighted by molar-refractivity contribution is 5.69. The van der Waals surface area contributed by atoms with E-state index in [2.05, 4.69) is 11.9 Å². The molecule has 1 unspecified atom stereocenters. The Morgan fingerprint density at radius 2 is 2.35 bits per heavy atom. The molecule has 1 N–H and O–H groups in total. The molecule has 1 atom stereocenters. The summed E-state index contributed by atoms with van der Waals surface area (Å²) in [5, 5.41) is 2.67. The van der Waals surface area contributed by atoms with E-state index in [0.717, 1.165) is 17.7 Å². The molecule has 1 heterocycles. The summed E-state index contributed by atoms with van der Waals surface area (Å²) >= 11 is 0. The maximum Gasteiger partial charge on any atom is 0.407 e. The number of allylic oxidation sites excluding steroid dienone is 1. The Morgan fingerprint density at radius 1 is 1.53 bits per heavy atom. The summed E-state index contributed by atoms with van der Waals surface area (Å²) in [4.78, 5) is 10.8. The molecule has 0 bridgehead atoms. The van der Waals surface area contributed by atoms with Crippen LogP contribution in [-0.4, -0.2) is 25.3 Å². The molecule has 17 heavy (non-hydrogen) atoms. The van der Waals surface area contributed by atoms with Gasteiger partial charge in [0.15, 0.2) is 0 Å². The summed E-state index contributed by atoms with van der Waals surface area (Å²) in [6, 6.07) is 7.73. The number of carbonyl (C=O) groups excluding carboxylic acids is 1. The number of carbonyl (C=O) groups is 1. The topological polar surface area (TPSA) is 47.6 Å². The lowest BCUT2D eigenvalue weighted by molar-refractivity contribution is 0.174. The Kier molecular flexibility index (Phi) is 3.65. The summed E-state index contributed by atoms with van der Waals surface area (Å²) in [7, 11) is 0. The molecule has 1 aliphatic heterocycles. The second-order valence-electron chi connectivity index (χ2n) is 3.85. The molecular weight excluding hydrogens is 218 g/mol. The molecule has 0 radical (unpaired) electrons. The second kappa shape index (κ2) is 5.39. The lowest BCUT2D eigenvalue weighted by Gasteiger charge is -2.12. The monoisotopic (exact) mass is 233 g/mol. The van der Waals surface area contributed by atoms with Gasteiger partial charge in [0.1, 0.15) is 25.0 Å². The number of rotatable bonds is 5. The van der Waals surface area contributed by atoms with Crippen LogP contribution < -0.4 is 10.1 Å². The predicted molar refractivity (Wildman–Crippen MR) is 64.1 cm³/mol. The first-order valence-corrected chi connectivity index (χ1v) is 5.54. The smallest absolute Gasteiger partial charge is 0.407 e. The molecule has 0 saturated carbocycles. The van der Waals surface area contributed by atoms with Gasteiger partial charge in [-0.25, -0.2) is 4.79 Å². The highest BCUT2D eigenvalue weighted by Crippen LogP contribution is 2.19. The van der Waals surface area contributed by atoms with Crippen molar-refractivity contribution < 1.29 is 14.3 Å². The van der Waals surface area contributed by atoms with Crippen LogP contribution in [0.25, 0.3) is 0 Å². The van der Waals surface area contributed by atoms with Crippen molar-refractivity contribution in [3.05, 3.63) is 42.5 Å². The van der Waals surface area contributed by atoms with E-state index in [1.807, 2.05) is 30.3 Å². The van der Waals surface area contributed by atoms with E-state index >= 15 is 0 Å². The van der Waals surface area contributed by atoms with Gasteiger partial charge in [-0.05, 0) is 18.1 Å². The Morgan fingerprint density at radius 3 is 3.06 bits per heavy atom. The molecule has 1 amide bonds. The predicted octanol–water partition coefficient (Wildman–Crippen LogP) is 1.90. The van der Waals surface area contributed by atoms with Crippen molar-refractivity contribution in [1.82, 2.24) is 5.32 Å². The number of cyclic esters (lactones) is 1. The molecular formula is C13H15NO3. The fraction of sp³-hybridized carbons (Fsp3) is 0.308. The van der Waals surface area contributed by atoms with Gasteiger partial charge in [-0.1, -0.05) is 24.3 Å². The number of benzene rings is 1. The zero-order valence-electron chi connectivity index (χ0n) is 9.52. The van der Waals surface area contributed by atoms with E-state index < -0.39 is 0 Å². The molecule has 4 nitrogen and oxygen atoms in total. The Labute approximate surface area is 100 Å². The lowest BCUT2D eigenvalue weighted by Crippen LogP contribution is -2.32. The van der Waals surface area contributed by atoms with Crippen molar-refractivity contribution in [2.45, 2.75) is 12.5 Å².